The monoisotopic (exact) mass is 702 g/mol. The third kappa shape index (κ3) is 7.04. The predicted octanol–water partition coefficient (Wildman–Crippen LogP) is 10.3. The van der Waals surface area contributed by atoms with Crippen molar-refractivity contribution in [2.24, 2.45) is 5.92 Å². The van der Waals surface area contributed by atoms with Crippen LogP contribution in [0.1, 0.15) is 54.4 Å². The molecule has 0 amide bonds. The first-order chi connectivity index (χ1) is 19.2. The van der Waals surface area contributed by atoms with Crippen LogP contribution in [-0.2, 0) is 9.22 Å². The molecule has 262 valence electrons. The first-order valence-electron chi connectivity index (χ1n) is 12.7. The summed E-state index contributed by atoms with van der Waals surface area (Å²) in [5.41, 5.74) is -1.38. The number of halogens is 17. The molecule has 44 heavy (non-hydrogen) atoms. The number of carbonyl (C=O) groups is 1. The Labute approximate surface area is 242 Å². The standard InChI is InChI=1S/C24H31F17O2Si/c1-7-16(10-15(6)11-42)12-43-44(13(2)3,14(4)5)9-8-17(25,26)18(27,28)19(29,30)20(31,32)21(33,34)22(35,36)23(37,38)24(39,40)41/h10-11,13-14,16H,7-9,12H2,1-6H3/b15-10+/t16-/m1/s1. The molecule has 0 spiro atoms. The van der Waals surface area contributed by atoms with Crippen molar-refractivity contribution in [1.82, 2.24) is 0 Å². The molecule has 0 radical (unpaired) electrons. The number of allylic oxidation sites excluding steroid dienone is 1. The first kappa shape index (κ1) is 42.4. The van der Waals surface area contributed by atoms with Crippen LogP contribution in [0.15, 0.2) is 11.6 Å². The van der Waals surface area contributed by atoms with Crippen molar-refractivity contribution in [3.05, 3.63) is 11.6 Å². The van der Waals surface area contributed by atoms with E-state index < -0.39 is 85.4 Å². The van der Waals surface area contributed by atoms with E-state index in [0.717, 1.165) is 0 Å². The Kier molecular flexibility index (Phi) is 12.8. The Morgan fingerprint density at radius 3 is 1.34 bits per heavy atom. The van der Waals surface area contributed by atoms with Gasteiger partial charge in [-0.2, -0.15) is 74.6 Å². The van der Waals surface area contributed by atoms with Crippen LogP contribution in [0.5, 0.6) is 0 Å². The van der Waals surface area contributed by atoms with Crippen molar-refractivity contribution < 1.29 is 83.9 Å². The molecule has 0 aromatic carbocycles. The summed E-state index contributed by atoms with van der Waals surface area (Å²) in [6.07, 6.45) is -8.14. The quantitative estimate of drug-likeness (QED) is 0.0653. The zero-order valence-corrected chi connectivity index (χ0v) is 25.0. The molecule has 0 aliphatic heterocycles. The summed E-state index contributed by atoms with van der Waals surface area (Å²) in [5, 5.41) is 0. The molecule has 1 atom stereocenters. The molecule has 0 rings (SSSR count). The highest BCUT2D eigenvalue weighted by atomic mass is 28.4. The molecule has 0 N–H and O–H groups in total. The molecule has 0 aliphatic rings. The minimum Gasteiger partial charge on any atom is -0.416 e. The fourth-order valence-electron chi connectivity index (χ4n) is 4.31. The van der Waals surface area contributed by atoms with E-state index in [4.69, 9.17) is 4.43 Å². The van der Waals surface area contributed by atoms with Crippen LogP contribution < -0.4 is 0 Å². The van der Waals surface area contributed by atoms with Gasteiger partial charge in [-0.15, -0.1) is 0 Å². The Morgan fingerprint density at radius 1 is 0.659 bits per heavy atom. The predicted molar refractivity (Wildman–Crippen MR) is 126 cm³/mol. The van der Waals surface area contributed by atoms with E-state index in [1.165, 1.54) is 40.7 Å². The maximum Gasteiger partial charge on any atom is 0.460 e. The molecule has 0 aliphatic carbocycles. The molecule has 0 aromatic heterocycles. The normalized spacial score (nSPS) is 16.6. The summed E-state index contributed by atoms with van der Waals surface area (Å²) in [6, 6.07) is -1.25. The molecule has 0 saturated carbocycles. The lowest BCUT2D eigenvalue weighted by molar-refractivity contribution is -0.461. The largest absolute Gasteiger partial charge is 0.460 e. The van der Waals surface area contributed by atoms with Gasteiger partial charge in [0.05, 0.1) is 0 Å². The van der Waals surface area contributed by atoms with Crippen molar-refractivity contribution in [2.45, 2.75) is 119 Å². The zero-order chi connectivity index (χ0) is 35.8. The van der Waals surface area contributed by atoms with Crippen LogP contribution in [-0.4, -0.2) is 68.8 Å². The fourth-order valence-corrected chi connectivity index (χ4v) is 8.84. The minimum atomic E-state index is -8.65. The summed E-state index contributed by atoms with van der Waals surface area (Å²) >= 11 is 0. The highest BCUT2D eigenvalue weighted by molar-refractivity contribution is 6.76. The van der Waals surface area contributed by atoms with Gasteiger partial charge >= 0.3 is 47.6 Å². The van der Waals surface area contributed by atoms with Gasteiger partial charge in [0.1, 0.15) is 6.29 Å². The lowest BCUT2D eigenvalue weighted by Gasteiger charge is -2.44. The average Bonchev–Trinajstić information content (AvgIpc) is 2.85. The molecule has 0 heterocycles. The van der Waals surface area contributed by atoms with Crippen LogP contribution in [0.25, 0.3) is 0 Å². The lowest BCUT2D eigenvalue weighted by atomic mass is 9.88. The third-order valence-corrected chi connectivity index (χ3v) is 13.0. The number of hydrogen-bond acceptors (Lipinski definition) is 2. The van der Waals surface area contributed by atoms with Gasteiger partial charge in [-0.25, -0.2) is 0 Å². The van der Waals surface area contributed by atoms with Crippen LogP contribution in [0.4, 0.5) is 74.6 Å². The maximum atomic E-state index is 14.7. The van der Waals surface area contributed by atoms with E-state index in [0.29, 0.717) is 6.29 Å². The van der Waals surface area contributed by atoms with Crippen molar-refractivity contribution in [3.8, 4) is 0 Å². The average molecular weight is 703 g/mol. The van der Waals surface area contributed by atoms with Gasteiger partial charge in [-0.3, -0.25) is 4.79 Å². The summed E-state index contributed by atoms with van der Waals surface area (Å²) < 4.78 is 238. The van der Waals surface area contributed by atoms with E-state index in [-0.39, 0.29) is 18.6 Å². The smallest absolute Gasteiger partial charge is 0.416 e. The number of hydrogen-bond donors (Lipinski definition) is 0. The van der Waals surface area contributed by atoms with Crippen molar-refractivity contribution in [1.29, 1.82) is 0 Å². The minimum absolute atomic E-state index is 0.214. The molecule has 0 unspecified atom stereocenters. The van der Waals surface area contributed by atoms with Crippen molar-refractivity contribution >= 4 is 14.6 Å². The fraction of sp³-hybridized carbons (Fsp3) is 0.875. The molecular weight excluding hydrogens is 671 g/mol. The second kappa shape index (κ2) is 13.3. The van der Waals surface area contributed by atoms with Gasteiger partial charge in [0.25, 0.3) is 0 Å². The Hall–Kier alpha value is -1.60. The Balaban J connectivity index is 6.70. The van der Waals surface area contributed by atoms with E-state index in [9.17, 15) is 79.4 Å². The maximum absolute atomic E-state index is 14.7. The summed E-state index contributed by atoms with van der Waals surface area (Å²) in [5.74, 6) is -57.0. The molecule has 0 aromatic rings. The van der Waals surface area contributed by atoms with E-state index in [1.54, 1.807) is 6.92 Å². The van der Waals surface area contributed by atoms with Crippen LogP contribution in [0, 0.1) is 5.92 Å². The van der Waals surface area contributed by atoms with Gasteiger partial charge in [0.2, 0.25) is 0 Å². The number of alkyl halides is 17. The van der Waals surface area contributed by atoms with Gasteiger partial charge in [0, 0.05) is 13.0 Å². The summed E-state index contributed by atoms with van der Waals surface area (Å²) in [7, 11) is -3.85. The van der Waals surface area contributed by atoms with Crippen molar-refractivity contribution in [3.63, 3.8) is 0 Å². The lowest BCUT2D eigenvalue weighted by Crippen LogP contribution is -2.74. The molecular formula is C24H31F17O2Si. The van der Waals surface area contributed by atoms with Gasteiger partial charge in [-0.1, -0.05) is 40.7 Å². The van der Waals surface area contributed by atoms with Crippen LogP contribution in [0.3, 0.4) is 0 Å². The molecule has 0 fully saturated rings. The van der Waals surface area contributed by atoms with Gasteiger partial charge < -0.3 is 4.43 Å². The second-order valence-corrected chi connectivity index (χ2v) is 15.9. The molecule has 0 bridgehead atoms. The van der Waals surface area contributed by atoms with Crippen LogP contribution >= 0.6 is 0 Å². The highest BCUT2D eigenvalue weighted by Crippen LogP contribution is 2.64. The number of carbonyl (C=O) groups excluding carboxylic acids is 1. The highest BCUT2D eigenvalue weighted by Gasteiger charge is 2.95. The number of aldehydes is 1. The topological polar surface area (TPSA) is 26.3 Å². The summed E-state index contributed by atoms with van der Waals surface area (Å²) in [6.45, 7) is 8.08. The van der Waals surface area contributed by atoms with Gasteiger partial charge in [-0.05, 0) is 42.0 Å². The Morgan fingerprint density at radius 2 is 1.02 bits per heavy atom. The van der Waals surface area contributed by atoms with E-state index in [2.05, 4.69) is 0 Å². The van der Waals surface area contributed by atoms with Gasteiger partial charge in [0.15, 0.2) is 8.32 Å². The number of rotatable bonds is 17. The molecule has 20 heteroatoms. The SMILES string of the molecule is CC[C@H](/C=C(\C)C=O)CO[Si](CCC(F)(F)C(F)(F)C(F)(F)C(F)(F)C(F)(F)C(F)(F)C(F)(F)C(F)(F)F)(C(C)C)C(C)C. The third-order valence-electron chi connectivity index (χ3n) is 7.35. The summed E-state index contributed by atoms with van der Waals surface area (Å²) in [4.78, 5) is 10.9. The second-order valence-electron chi connectivity index (χ2n) is 10.9. The van der Waals surface area contributed by atoms with Crippen molar-refractivity contribution in [2.75, 3.05) is 6.61 Å². The zero-order valence-electron chi connectivity index (χ0n) is 24.0. The van der Waals surface area contributed by atoms with Crippen LogP contribution in [0.2, 0.25) is 17.1 Å². The Bertz CT molecular complexity index is 995. The van der Waals surface area contributed by atoms with E-state index >= 15 is 0 Å². The first-order valence-corrected chi connectivity index (χ1v) is 15.0. The molecule has 0 saturated heterocycles. The van der Waals surface area contributed by atoms with E-state index in [1.807, 2.05) is 0 Å². The molecule has 2 nitrogen and oxygen atoms in total.